The maximum atomic E-state index is 12.8. The minimum atomic E-state index is -0.0500. The molecule has 3 rings (SSSR count). The fraction of sp³-hybridized carbons (Fsp3) is 0.588. The second-order valence-electron chi connectivity index (χ2n) is 6.43. The average molecular weight is 272 g/mol. The quantitative estimate of drug-likeness (QED) is 0.912. The molecule has 0 spiro atoms. The number of fused-ring (bicyclic) bond motifs is 1. The molecule has 0 bridgehead atoms. The summed E-state index contributed by atoms with van der Waals surface area (Å²) in [5.41, 5.74) is 2.65. The predicted molar refractivity (Wildman–Crippen MR) is 80.3 cm³/mol. The van der Waals surface area contributed by atoms with Crippen molar-refractivity contribution < 1.29 is 4.79 Å². The first-order valence-corrected chi connectivity index (χ1v) is 7.76. The van der Waals surface area contributed by atoms with Gasteiger partial charge < -0.3 is 10.2 Å². The Morgan fingerprint density at radius 3 is 2.65 bits per heavy atom. The van der Waals surface area contributed by atoms with Gasteiger partial charge in [0.15, 0.2) is 0 Å². The summed E-state index contributed by atoms with van der Waals surface area (Å²) in [4.78, 5) is 14.8. The van der Waals surface area contributed by atoms with Crippen molar-refractivity contribution in [2.45, 2.75) is 51.7 Å². The molecule has 3 heteroatoms. The van der Waals surface area contributed by atoms with E-state index in [1.807, 2.05) is 0 Å². The summed E-state index contributed by atoms with van der Waals surface area (Å²) in [5.74, 6) is 1.03. The van der Waals surface area contributed by atoms with E-state index in [9.17, 15) is 4.79 Å². The zero-order valence-corrected chi connectivity index (χ0v) is 12.4. The summed E-state index contributed by atoms with van der Waals surface area (Å²) in [6.07, 6.45) is 3.40. The summed E-state index contributed by atoms with van der Waals surface area (Å²) >= 11 is 0. The topological polar surface area (TPSA) is 32.3 Å². The molecule has 1 amide bonds. The highest BCUT2D eigenvalue weighted by Gasteiger charge is 2.33. The van der Waals surface area contributed by atoms with Crippen LogP contribution in [0.15, 0.2) is 24.3 Å². The van der Waals surface area contributed by atoms with Crippen molar-refractivity contribution in [2.24, 2.45) is 5.92 Å². The molecule has 1 aromatic rings. The maximum absolute atomic E-state index is 12.8. The molecule has 1 N–H and O–H groups in total. The first-order valence-electron chi connectivity index (χ1n) is 7.76. The van der Waals surface area contributed by atoms with Crippen LogP contribution in [0.4, 0.5) is 0 Å². The van der Waals surface area contributed by atoms with Crippen molar-refractivity contribution in [3.05, 3.63) is 35.4 Å². The highest BCUT2D eigenvalue weighted by atomic mass is 16.2. The Balaban J connectivity index is 1.70. The van der Waals surface area contributed by atoms with Gasteiger partial charge in [-0.25, -0.2) is 0 Å². The molecule has 3 nitrogen and oxygen atoms in total. The monoisotopic (exact) mass is 272 g/mol. The van der Waals surface area contributed by atoms with Crippen LogP contribution in [0.3, 0.4) is 0 Å². The number of carbonyl (C=O) groups excluding carboxylic acids is 1. The van der Waals surface area contributed by atoms with Gasteiger partial charge in [0.05, 0.1) is 6.04 Å². The van der Waals surface area contributed by atoms with Crippen LogP contribution in [0.2, 0.25) is 0 Å². The molecular formula is C17H24N2O. The van der Waals surface area contributed by atoms with Crippen LogP contribution in [-0.2, 0) is 17.8 Å². The first-order chi connectivity index (χ1) is 9.65. The van der Waals surface area contributed by atoms with E-state index in [4.69, 9.17) is 0 Å². The molecule has 1 aliphatic heterocycles. The Bertz CT molecular complexity index is 494. The van der Waals surface area contributed by atoms with Crippen molar-refractivity contribution in [1.82, 2.24) is 10.2 Å². The van der Waals surface area contributed by atoms with Gasteiger partial charge in [0, 0.05) is 19.1 Å². The molecular weight excluding hydrogens is 248 g/mol. The predicted octanol–water partition coefficient (Wildman–Crippen LogP) is 2.35. The van der Waals surface area contributed by atoms with Crippen molar-refractivity contribution in [3.8, 4) is 0 Å². The van der Waals surface area contributed by atoms with E-state index in [1.165, 1.54) is 24.0 Å². The van der Waals surface area contributed by atoms with E-state index in [0.29, 0.717) is 6.04 Å². The van der Waals surface area contributed by atoms with Crippen molar-refractivity contribution >= 4 is 5.91 Å². The van der Waals surface area contributed by atoms with E-state index in [0.717, 1.165) is 25.4 Å². The second-order valence-corrected chi connectivity index (χ2v) is 6.43. The summed E-state index contributed by atoms with van der Waals surface area (Å²) in [6.45, 7) is 5.99. The van der Waals surface area contributed by atoms with Gasteiger partial charge in [0.1, 0.15) is 0 Å². The van der Waals surface area contributed by atoms with Gasteiger partial charge in [-0.2, -0.15) is 0 Å². The summed E-state index contributed by atoms with van der Waals surface area (Å²) < 4.78 is 0. The molecule has 0 unspecified atom stereocenters. The third-order valence-electron chi connectivity index (χ3n) is 4.44. The number of nitrogens with zero attached hydrogens (tertiary/aromatic N) is 1. The Labute approximate surface area is 121 Å². The maximum Gasteiger partial charge on any atom is 0.240 e. The van der Waals surface area contributed by atoms with Crippen LogP contribution in [0, 0.1) is 5.92 Å². The largest absolute Gasteiger partial charge is 0.339 e. The normalized spacial score (nSPS) is 21.6. The average Bonchev–Trinajstić information content (AvgIpc) is 3.27. The van der Waals surface area contributed by atoms with Crippen LogP contribution in [0.1, 0.15) is 37.8 Å². The summed E-state index contributed by atoms with van der Waals surface area (Å²) in [5, 5.41) is 3.41. The lowest BCUT2D eigenvalue weighted by Crippen LogP contribution is -2.52. The molecule has 20 heavy (non-hydrogen) atoms. The van der Waals surface area contributed by atoms with E-state index in [2.05, 4.69) is 48.3 Å². The van der Waals surface area contributed by atoms with Gasteiger partial charge in [-0.1, -0.05) is 24.3 Å². The number of carbonyl (C=O) groups is 1. The third kappa shape index (κ3) is 2.88. The minimum Gasteiger partial charge on any atom is -0.339 e. The lowest BCUT2D eigenvalue weighted by atomic mass is 9.95. The van der Waals surface area contributed by atoms with Crippen molar-refractivity contribution in [2.75, 3.05) is 6.54 Å². The molecule has 2 aliphatic rings. The van der Waals surface area contributed by atoms with Crippen LogP contribution < -0.4 is 5.32 Å². The molecule has 108 valence electrons. The fourth-order valence-electron chi connectivity index (χ4n) is 2.96. The Hall–Kier alpha value is -1.35. The molecule has 1 heterocycles. The fourth-order valence-corrected chi connectivity index (χ4v) is 2.96. The lowest BCUT2D eigenvalue weighted by Gasteiger charge is -2.33. The van der Waals surface area contributed by atoms with Crippen LogP contribution in [0.25, 0.3) is 0 Å². The van der Waals surface area contributed by atoms with E-state index < -0.39 is 0 Å². The second kappa shape index (κ2) is 5.57. The van der Waals surface area contributed by atoms with Gasteiger partial charge in [0.25, 0.3) is 0 Å². The first kappa shape index (κ1) is 13.6. The lowest BCUT2D eigenvalue weighted by molar-refractivity contribution is -0.135. The molecule has 1 atom stereocenters. The van der Waals surface area contributed by atoms with Gasteiger partial charge in [-0.05, 0) is 50.2 Å². The van der Waals surface area contributed by atoms with E-state index in [-0.39, 0.29) is 11.9 Å². The number of hydrogen-bond acceptors (Lipinski definition) is 2. The highest BCUT2D eigenvalue weighted by molar-refractivity contribution is 5.83. The Morgan fingerprint density at radius 2 is 2.00 bits per heavy atom. The van der Waals surface area contributed by atoms with Gasteiger partial charge in [-0.3, -0.25) is 4.79 Å². The van der Waals surface area contributed by atoms with Gasteiger partial charge in [-0.15, -0.1) is 0 Å². The number of benzene rings is 1. The van der Waals surface area contributed by atoms with Crippen LogP contribution in [-0.4, -0.2) is 29.4 Å². The minimum absolute atomic E-state index is 0.0500. The zero-order valence-electron chi connectivity index (χ0n) is 12.4. The smallest absolute Gasteiger partial charge is 0.240 e. The van der Waals surface area contributed by atoms with Gasteiger partial charge >= 0.3 is 0 Å². The van der Waals surface area contributed by atoms with E-state index >= 15 is 0 Å². The molecule has 1 aliphatic carbocycles. The molecule has 0 radical (unpaired) electrons. The zero-order chi connectivity index (χ0) is 14.1. The molecule has 1 fully saturated rings. The molecule has 0 aromatic heterocycles. The number of hydrogen-bond donors (Lipinski definition) is 1. The van der Waals surface area contributed by atoms with Gasteiger partial charge in [0.2, 0.25) is 5.91 Å². The number of nitrogens with one attached hydrogen (secondary N) is 1. The Morgan fingerprint density at radius 1 is 1.30 bits per heavy atom. The summed E-state index contributed by atoms with van der Waals surface area (Å²) in [7, 11) is 0. The van der Waals surface area contributed by atoms with Crippen molar-refractivity contribution in [3.63, 3.8) is 0 Å². The highest BCUT2D eigenvalue weighted by Crippen LogP contribution is 2.30. The summed E-state index contributed by atoms with van der Waals surface area (Å²) in [6, 6.07) is 8.67. The Kier molecular flexibility index (Phi) is 3.79. The number of rotatable bonds is 4. The number of amides is 1. The third-order valence-corrected chi connectivity index (χ3v) is 4.44. The van der Waals surface area contributed by atoms with E-state index in [1.54, 1.807) is 0 Å². The molecule has 1 saturated carbocycles. The molecule has 0 saturated heterocycles. The van der Waals surface area contributed by atoms with Crippen LogP contribution in [0.5, 0.6) is 0 Å². The molecule has 1 aromatic carbocycles. The van der Waals surface area contributed by atoms with Crippen molar-refractivity contribution in [1.29, 1.82) is 0 Å². The van der Waals surface area contributed by atoms with Crippen LogP contribution >= 0.6 is 0 Å². The standard InChI is InChI=1S/C17H24N2O/c1-12(2)19(11-13-7-8-13)17(20)16-9-14-5-3-4-6-15(14)10-18-16/h3-6,12-13,16,18H,7-11H2,1-2H3/t16-/m0/s1. The SMILES string of the molecule is CC(C)N(CC1CC1)C(=O)[C@@H]1Cc2ccccc2CN1.